The van der Waals surface area contributed by atoms with E-state index in [1.54, 1.807) is 0 Å². The van der Waals surface area contributed by atoms with E-state index in [1.165, 1.54) is 0 Å². The first kappa shape index (κ1) is 24.2. The molecule has 8 heteroatoms. The summed E-state index contributed by atoms with van der Waals surface area (Å²) in [5, 5.41) is 21.0. The molecule has 1 fully saturated rings. The summed E-state index contributed by atoms with van der Waals surface area (Å²) in [6, 6.07) is 0. The Hall–Kier alpha value is 0.194. The van der Waals surface area contributed by atoms with Crippen LogP contribution in [-0.4, -0.2) is 64.5 Å². The first-order valence-electron chi connectivity index (χ1n) is 9.46. The van der Waals surface area contributed by atoms with Crippen LogP contribution in [0.3, 0.4) is 0 Å². The Morgan fingerprint density at radius 1 is 0.692 bits per heavy atom. The van der Waals surface area contributed by atoms with Gasteiger partial charge in [0.15, 0.2) is 16.6 Å². The maximum Gasteiger partial charge on any atom is 0.192 e. The summed E-state index contributed by atoms with van der Waals surface area (Å²) in [7, 11) is -3.93. The molecule has 1 heterocycles. The van der Waals surface area contributed by atoms with E-state index in [2.05, 4.69) is 67.7 Å². The first-order valence-corrected chi connectivity index (χ1v) is 15.3. The zero-order valence-electron chi connectivity index (χ0n) is 18.3. The lowest BCUT2D eigenvalue weighted by Crippen LogP contribution is -2.57. The van der Waals surface area contributed by atoms with Crippen molar-refractivity contribution in [1.82, 2.24) is 0 Å². The maximum absolute atomic E-state index is 10.4. The minimum atomic E-state index is -1.97. The molecule has 26 heavy (non-hydrogen) atoms. The summed E-state index contributed by atoms with van der Waals surface area (Å²) in [4.78, 5) is 10.7. The molecule has 0 unspecified atom stereocenters. The van der Waals surface area contributed by atoms with Crippen LogP contribution in [0.25, 0.3) is 0 Å². The first-order chi connectivity index (χ1) is 11.5. The Balaban J connectivity index is 2.60. The predicted molar refractivity (Wildman–Crippen MR) is 108 cm³/mol. The third kappa shape index (κ3) is 5.84. The molecule has 0 aromatic carbocycles. The van der Waals surface area contributed by atoms with Crippen LogP contribution >= 0.6 is 0 Å². The van der Waals surface area contributed by atoms with Crippen LogP contribution in [0.4, 0.5) is 0 Å². The Morgan fingerprint density at radius 3 is 1.19 bits per heavy atom. The van der Waals surface area contributed by atoms with Crippen LogP contribution in [0.1, 0.15) is 41.5 Å². The summed E-state index contributed by atoms with van der Waals surface area (Å²) >= 11 is 0. The zero-order valence-corrected chi connectivity index (χ0v) is 20.3. The van der Waals surface area contributed by atoms with Crippen molar-refractivity contribution < 1.29 is 28.8 Å². The highest BCUT2D eigenvalue weighted by Gasteiger charge is 2.45. The van der Waals surface area contributed by atoms with E-state index >= 15 is 0 Å². The van der Waals surface area contributed by atoms with E-state index in [4.69, 9.17) is 18.6 Å². The average molecular weight is 409 g/mol. The highest BCUT2D eigenvalue weighted by Crippen LogP contribution is 2.38. The van der Waals surface area contributed by atoms with Crippen LogP contribution in [0.2, 0.25) is 36.3 Å². The lowest BCUT2D eigenvalue weighted by Gasteiger charge is -2.42. The highest BCUT2D eigenvalue weighted by atomic mass is 28.4. The van der Waals surface area contributed by atoms with Gasteiger partial charge in [-0.1, -0.05) is 41.5 Å². The van der Waals surface area contributed by atoms with Crippen LogP contribution in [0.5, 0.6) is 0 Å². The number of aliphatic hydroxyl groups excluding tert-OH is 2. The zero-order chi connectivity index (χ0) is 20.6. The number of hydrogen-bond acceptors (Lipinski definition) is 6. The molecule has 1 aliphatic heterocycles. The van der Waals surface area contributed by atoms with Crippen LogP contribution < -0.4 is 0 Å². The molecule has 0 radical (unpaired) electrons. The van der Waals surface area contributed by atoms with Crippen molar-refractivity contribution in [1.29, 1.82) is 0 Å². The summed E-state index contributed by atoms with van der Waals surface area (Å²) in [5.74, 6) is 0. The topological polar surface area (TPSA) is 77.4 Å². The van der Waals surface area contributed by atoms with Gasteiger partial charge in [0, 0.05) is 0 Å². The van der Waals surface area contributed by atoms with Crippen molar-refractivity contribution in [3.8, 4) is 0 Å². The van der Waals surface area contributed by atoms with Gasteiger partial charge in [0.25, 0.3) is 0 Å². The second-order valence-corrected chi connectivity index (χ2v) is 20.0. The van der Waals surface area contributed by atoms with Gasteiger partial charge in [-0.3, -0.25) is 0 Å². The van der Waals surface area contributed by atoms with E-state index in [0.29, 0.717) is 0 Å². The minimum absolute atomic E-state index is 0.0611. The van der Waals surface area contributed by atoms with E-state index in [-0.39, 0.29) is 23.3 Å². The van der Waals surface area contributed by atoms with E-state index in [1.807, 2.05) is 0 Å². The largest absolute Gasteiger partial charge is 0.414 e. The third-order valence-electron chi connectivity index (χ3n) is 6.24. The Kier molecular flexibility index (Phi) is 7.72. The predicted octanol–water partition coefficient (Wildman–Crippen LogP) is 3.45. The lowest BCUT2D eigenvalue weighted by molar-refractivity contribution is -0.417. The fourth-order valence-corrected chi connectivity index (χ4v) is 3.99. The van der Waals surface area contributed by atoms with Crippen LogP contribution in [-0.2, 0) is 18.6 Å². The molecule has 0 spiro atoms. The van der Waals surface area contributed by atoms with Gasteiger partial charge in [-0.2, -0.15) is 0 Å². The second kappa shape index (κ2) is 8.28. The maximum atomic E-state index is 10.4. The highest BCUT2D eigenvalue weighted by molar-refractivity contribution is 6.74. The van der Waals surface area contributed by atoms with Crippen molar-refractivity contribution in [2.45, 2.75) is 102 Å². The van der Waals surface area contributed by atoms with Gasteiger partial charge in [0.1, 0.15) is 24.4 Å². The number of aliphatic hydroxyl groups is 2. The van der Waals surface area contributed by atoms with Gasteiger partial charge in [0.05, 0.1) is 13.2 Å². The summed E-state index contributed by atoms with van der Waals surface area (Å²) in [5.41, 5.74) is 0. The van der Waals surface area contributed by atoms with Crippen LogP contribution in [0.15, 0.2) is 0 Å². The Morgan fingerprint density at radius 2 is 0.962 bits per heavy atom. The van der Waals surface area contributed by atoms with Gasteiger partial charge in [-0.05, 0) is 36.3 Å². The van der Waals surface area contributed by atoms with E-state index in [0.717, 1.165) is 0 Å². The fraction of sp³-hybridized carbons (Fsp3) is 1.00. The van der Waals surface area contributed by atoms with Crippen molar-refractivity contribution in [2.24, 2.45) is 0 Å². The van der Waals surface area contributed by atoms with Gasteiger partial charge in [0.2, 0.25) is 0 Å². The quantitative estimate of drug-likeness (QED) is 0.518. The normalized spacial score (nSPS) is 29.1. The van der Waals surface area contributed by atoms with E-state index in [9.17, 15) is 10.2 Å². The van der Waals surface area contributed by atoms with Crippen molar-refractivity contribution in [3.05, 3.63) is 0 Å². The summed E-state index contributed by atoms with van der Waals surface area (Å²) in [6.45, 7) is 21.8. The summed E-state index contributed by atoms with van der Waals surface area (Å²) in [6.07, 6.45) is -3.55. The van der Waals surface area contributed by atoms with Crippen molar-refractivity contribution in [3.63, 3.8) is 0 Å². The molecular weight excluding hydrogens is 368 g/mol. The molecule has 0 aliphatic carbocycles. The SMILES string of the molecule is CC(C)(C)[Si](C)(C)OC[C@@H]1OO[C@H](CO[Si](C)(C)C(C)(C)C)[C@@H](O)[C@H]1O. The molecule has 6 nitrogen and oxygen atoms in total. The fourth-order valence-electron chi connectivity index (χ4n) is 1.96. The number of hydrogen-bond donors (Lipinski definition) is 2. The smallest absolute Gasteiger partial charge is 0.192 e. The van der Waals surface area contributed by atoms with Gasteiger partial charge in [-0.15, -0.1) is 0 Å². The molecule has 156 valence electrons. The second-order valence-electron chi connectivity index (χ2n) is 10.4. The molecule has 4 atom stereocenters. The lowest BCUT2D eigenvalue weighted by atomic mass is 10.0. The molecule has 1 aliphatic rings. The van der Waals surface area contributed by atoms with Crippen LogP contribution in [0, 0.1) is 0 Å². The Labute approximate surface area is 161 Å². The number of rotatable bonds is 6. The molecule has 0 bridgehead atoms. The van der Waals surface area contributed by atoms with Gasteiger partial charge >= 0.3 is 0 Å². The molecule has 1 saturated heterocycles. The Bertz CT molecular complexity index is 414. The standard InChI is InChI=1S/C18H40O6Si2/c1-17(2,3)25(7,8)21-11-13-15(19)16(20)14(24-23-13)12-22-26(9,10)18(4,5)6/h13-16,19-20H,11-12H2,1-10H3/t13-,14+,15-,16+. The molecule has 1 rings (SSSR count). The van der Waals surface area contributed by atoms with Gasteiger partial charge < -0.3 is 19.1 Å². The molecule has 0 amide bonds. The summed E-state index contributed by atoms with van der Waals surface area (Å²) < 4.78 is 12.2. The van der Waals surface area contributed by atoms with Gasteiger partial charge in [-0.25, -0.2) is 9.78 Å². The average Bonchev–Trinajstić information content (AvgIpc) is 2.45. The monoisotopic (exact) mass is 408 g/mol. The molecule has 2 N–H and O–H groups in total. The van der Waals surface area contributed by atoms with Crippen molar-refractivity contribution >= 4 is 16.6 Å². The molecule has 0 aromatic rings. The minimum Gasteiger partial charge on any atom is -0.414 e. The molecule has 0 aromatic heterocycles. The molecule has 0 saturated carbocycles. The van der Waals surface area contributed by atoms with Crippen molar-refractivity contribution in [2.75, 3.05) is 13.2 Å². The third-order valence-corrected chi connectivity index (χ3v) is 15.2. The van der Waals surface area contributed by atoms with E-state index < -0.39 is 41.1 Å². The molecular formula is C18H40O6Si2.